The molecule has 2 rings (SSSR count). The highest BCUT2D eigenvalue weighted by atomic mass is 35.5. The summed E-state index contributed by atoms with van der Waals surface area (Å²) in [5.41, 5.74) is 1.61. The quantitative estimate of drug-likeness (QED) is 0.843. The molecular weight excluding hydrogens is 248 g/mol. The van der Waals surface area contributed by atoms with Crippen LogP contribution in [-0.2, 0) is 4.79 Å². The van der Waals surface area contributed by atoms with Gasteiger partial charge in [0.15, 0.2) is 0 Å². The molecule has 0 bridgehead atoms. The third-order valence-electron chi connectivity index (χ3n) is 2.69. The lowest BCUT2D eigenvalue weighted by Gasteiger charge is -2.28. The van der Waals surface area contributed by atoms with Gasteiger partial charge >= 0.3 is 0 Å². The minimum Gasteiger partial charge on any atom is -0.313 e. The number of halogens is 1. The molecule has 0 spiro atoms. The van der Waals surface area contributed by atoms with Crippen LogP contribution in [0.1, 0.15) is 19.8 Å². The number of amides is 1. The summed E-state index contributed by atoms with van der Waals surface area (Å²) in [4.78, 5) is 11.9. The van der Waals surface area contributed by atoms with Crippen LogP contribution in [0, 0.1) is 5.92 Å². The molecule has 90 valence electrons. The Hall–Kier alpha value is -0.720. The van der Waals surface area contributed by atoms with Crippen molar-refractivity contribution in [2.24, 2.45) is 5.92 Å². The van der Waals surface area contributed by atoms with Gasteiger partial charge in [-0.2, -0.15) is 0 Å². The van der Waals surface area contributed by atoms with Crippen LogP contribution >= 0.6 is 23.7 Å². The SMILES string of the molecule is C[C@H]1NCCC[C@H]1C(=O)Nc1nncs1.Cl. The zero-order valence-electron chi connectivity index (χ0n) is 8.97. The first-order valence-corrected chi connectivity index (χ1v) is 5.96. The number of aromatic nitrogens is 2. The van der Waals surface area contributed by atoms with Crippen molar-refractivity contribution in [2.75, 3.05) is 11.9 Å². The second-order valence-electron chi connectivity index (χ2n) is 3.72. The van der Waals surface area contributed by atoms with E-state index in [4.69, 9.17) is 0 Å². The van der Waals surface area contributed by atoms with E-state index in [1.165, 1.54) is 11.3 Å². The molecule has 2 N–H and O–H groups in total. The molecule has 1 aromatic rings. The predicted molar refractivity (Wildman–Crippen MR) is 66.0 cm³/mol. The van der Waals surface area contributed by atoms with Crippen LogP contribution in [0.3, 0.4) is 0 Å². The van der Waals surface area contributed by atoms with Crippen LogP contribution in [0.15, 0.2) is 5.51 Å². The van der Waals surface area contributed by atoms with Crippen LogP contribution < -0.4 is 10.6 Å². The Morgan fingerprint density at radius 1 is 1.69 bits per heavy atom. The average Bonchev–Trinajstić information content (AvgIpc) is 2.71. The van der Waals surface area contributed by atoms with Gasteiger partial charge in [0, 0.05) is 6.04 Å². The van der Waals surface area contributed by atoms with Gasteiger partial charge < -0.3 is 10.6 Å². The number of hydrogen-bond donors (Lipinski definition) is 2. The van der Waals surface area contributed by atoms with Crippen molar-refractivity contribution < 1.29 is 4.79 Å². The summed E-state index contributed by atoms with van der Waals surface area (Å²) in [5.74, 6) is 0.0918. The average molecular weight is 263 g/mol. The van der Waals surface area contributed by atoms with E-state index in [1.54, 1.807) is 5.51 Å². The molecule has 1 aliphatic heterocycles. The Morgan fingerprint density at radius 2 is 2.50 bits per heavy atom. The molecule has 1 amide bonds. The molecular formula is C9H15ClN4OS. The smallest absolute Gasteiger partial charge is 0.230 e. The van der Waals surface area contributed by atoms with E-state index in [0.717, 1.165) is 19.4 Å². The first-order valence-electron chi connectivity index (χ1n) is 5.08. The van der Waals surface area contributed by atoms with E-state index in [0.29, 0.717) is 5.13 Å². The molecule has 1 aromatic heterocycles. The van der Waals surface area contributed by atoms with E-state index in [9.17, 15) is 4.79 Å². The molecule has 1 fully saturated rings. The third-order valence-corrected chi connectivity index (χ3v) is 3.30. The molecule has 0 radical (unpaired) electrons. The maximum Gasteiger partial charge on any atom is 0.230 e. The van der Waals surface area contributed by atoms with Gasteiger partial charge in [-0.3, -0.25) is 4.79 Å². The molecule has 16 heavy (non-hydrogen) atoms. The summed E-state index contributed by atoms with van der Waals surface area (Å²) < 4.78 is 0. The molecule has 0 aromatic carbocycles. The summed E-state index contributed by atoms with van der Waals surface area (Å²) in [5, 5.41) is 14.1. The fourth-order valence-electron chi connectivity index (χ4n) is 1.83. The van der Waals surface area contributed by atoms with Gasteiger partial charge in [-0.1, -0.05) is 11.3 Å². The molecule has 1 saturated heterocycles. The lowest BCUT2D eigenvalue weighted by atomic mass is 9.91. The van der Waals surface area contributed by atoms with E-state index in [1.807, 2.05) is 6.92 Å². The lowest BCUT2D eigenvalue weighted by molar-refractivity contribution is -0.121. The minimum atomic E-state index is 0. The summed E-state index contributed by atoms with van der Waals surface area (Å²) in [6.07, 6.45) is 2.00. The Bertz CT molecular complexity index is 332. The standard InChI is InChI=1S/C9H14N4OS.ClH/c1-6-7(3-2-4-10-6)8(14)12-9-13-11-5-15-9;/h5-7,10H,2-4H2,1H3,(H,12,13,14);1H/t6-,7-;/m1./s1. The van der Waals surface area contributed by atoms with E-state index in [-0.39, 0.29) is 30.3 Å². The first-order chi connectivity index (χ1) is 7.27. The number of rotatable bonds is 2. The highest BCUT2D eigenvalue weighted by Crippen LogP contribution is 2.19. The molecule has 0 aliphatic carbocycles. The largest absolute Gasteiger partial charge is 0.313 e. The highest BCUT2D eigenvalue weighted by Gasteiger charge is 2.27. The normalized spacial score (nSPS) is 24.6. The second-order valence-corrected chi connectivity index (χ2v) is 4.56. The van der Waals surface area contributed by atoms with E-state index < -0.39 is 0 Å². The molecule has 2 heterocycles. The number of anilines is 1. The summed E-state index contributed by atoms with van der Waals surface area (Å²) in [6, 6.07) is 0.242. The number of nitrogens with one attached hydrogen (secondary N) is 2. The molecule has 5 nitrogen and oxygen atoms in total. The van der Waals surface area contributed by atoms with Crippen molar-refractivity contribution in [3.63, 3.8) is 0 Å². The second kappa shape index (κ2) is 6.12. The van der Waals surface area contributed by atoms with Crippen LogP contribution in [0.4, 0.5) is 5.13 Å². The Labute approximate surface area is 104 Å². The summed E-state index contributed by atoms with van der Waals surface area (Å²) >= 11 is 1.34. The van der Waals surface area contributed by atoms with Gasteiger partial charge in [0.05, 0.1) is 5.92 Å². The van der Waals surface area contributed by atoms with Crippen molar-refractivity contribution in [2.45, 2.75) is 25.8 Å². The van der Waals surface area contributed by atoms with E-state index in [2.05, 4.69) is 20.8 Å². The van der Waals surface area contributed by atoms with Crippen LogP contribution in [0.25, 0.3) is 0 Å². The highest BCUT2D eigenvalue weighted by molar-refractivity contribution is 7.13. The summed E-state index contributed by atoms with van der Waals surface area (Å²) in [7, 11) is 0. The minimum absolute atomic E-state index is 0. The van der Waals surface area contributed by atoms with Crippen molar-refractivity contribution in [1.82, 2.24) is 15.5 Å². The third kappa shape index (κ3) is 3.13. The Balaban J connectivity index is 0.00000128. The van der Waals surface area contributed by atoms with Gasteiger partial charge in [-0.25, -0.2) is 0 Å². The molecule has 7 heteroatoms. The molecule has 0 saturated carbocycles. The molecule has 0 unspecified atom stereocenters. The fraction of sp³-hybridized carbons (Fsp3) is 0.667. The van der Waals surface area contributed by atoms with Gasteiger partial charge in [0.2, 0.25) is 11.0 Å². The molecule has 2 atom stereocenters. The predicted octanol–water partition coefficient (Wildman–Crippen LogP) is 1.29. The maximum absolute atomic E-state index is 11.9. The molecule has 1 aliphatic rings. The van der Waals surface area contributed by atoms with Crippen molar-refractivity contribution >= 4 is 34.8 Å². The maximum atomic E-state index is 11.9. The monoisotopic (exact) mass is 262 g/mol. The van der Waals surface area contributed by atoms with Gasteiger partial charge in [0.1, 0.15) is 5.51 Å². The zero-order chi connectivity index (χ0) is 10.7. The lowest BCUT2D eigenvalue weighted by Crippen LogP contribution is -2.44. The zero-order valence-corrected chi connectivity index (χ0v) is 10.6. The van der Waals surface area contributed by atoms with Crippen LogP contribution in [-0.4, -0.2) is 28.7 Å². The van der Waals surface area contributed by atoms with Gasteiger partial charge in [-0.05, 0) is 26.3 Å². The van der Waals surface area contributed by atoms with E-state index >= 15 is 0 Å². The van der Waals surface area contributed by atoms with Crippen molar-refractivity contribution in [1.29, 1.82) is 0 Å². The Kier molecular flexibility index (Phi) is 5.11. The topological polar surface area (TPSA) is 66.9 Å². The van der Waals surface area contributed by atoms with Crippen LogP contribution in [0.2, 0.25) is 0 Å². The Morgan fingerprint density at radius 3 is 3.12 bits per heavy atom. The van der Waals surface area contributed by atoms with Gasteiger partial charge in [0.25, 0.3) is 0 Å². The van der Waals surface area contributed by atoms with Gasteiger partial charge in [-0.15, -0.1) is 22.6 Å². The number of hydrogen-bond acceptors (Lipinski definition) is 5. The first kappa shape index (κ1) is 13.3. The van der Waals surface area contributed by atoms with Crippen LogP contribution in [0.5, 0.6) is 0 Å². The van der Waals surface area contributed by atoms with Crippen molar-refractivity contribution in [3.8, 4) is 0 Å². The number of nitrogens with zero attached hydrogens (tertiary/aromatic N) is 2. The fourth-order valence-corrected chi connectivity index (χ4v) is 2.28. The number of carbonyl (C=O) groups excluding carboxylic acids is 1. The number of piperidine rings is 1. The van der Waals surface area contributed by atoms with Crippen molar-refractivity contribution in [3.05, 3.63) is 5.51 Å². The summed E-state index contributed by atoms with van der Waals surface area (Å²) in [6.45, 7) is 3.05. The number of carbonyl (C=O) groups is 1.